The van der Waals surface area contributed by atoms with Gasteiger partial charge in [-0.15, -0.1) is 0 Å². The van der Waals surface area contributed by atoms with Crippen LogP contribution in [0.2, 0.25) is 0 Å². The Bertz CT molecular complexity index is 464. The molecule has 1 aromatic heterocycles. The Kier molecular flexibility index (Phi) is 2.77. The highest BCUT2D eigenvalue weighted by molar-refractivity contribution is 5.18. The molecule has 4 rings (SSSR count). The molecular formula is C17H24O2. The molecule has 0 saturated heterocycles. The molecule has 3 fully saturated rings. The van der Waals surface area contributed by atoms with E-state index in [1.165, 1.54) is 32.1 Å². The Morgan fingerprint density at radius 2 is 2.11 bits per heavy atom. The first-order valence-corrected chi connectivity index (χ1v) is 7.98. The molecule has 6 unspecified atom stereocenters. The number of rotatable bonds is 4. The molecule has 0 aromatic carbocycles. The van der Waals surface area contributed by atoms with Crippen LogP contribution >= 0.6 is 0 Å². The van der Waals surface area contributed by atoms with Crippen LogP contribution in [-0.4, -0.2) is 5.11 Å². The van der Waals surface area contributed by atoms with Crippen LogP contribution in [0.1, 0.15) is 69.0 Å². The van der Waals surface area contributed by atoms with Crippen molar-refractivity contribution in [2.75, 3.05) is 0 Å². The molecule has 1 N–H and O–H groups in total. The lowest BCUT2D eigenvalue weighted by molar-refractivity contribution is 0.103. The average molecular weight is 260 g/mol. The summed E-state index contributed by atoms with van der Waals surface area (Å²) in [6.07, 6.45) is 7.36. The molecule has 6 atom stereocenters. The van der Waals surface area contributed by atoms with E-state index in [0.29, 0.717) is 5.92 Å². The van der Waals surface area contributed by atoms with E-state index in [-0.39, 0.29) is 6.10 Å². The van der Waals surface area contributed by atoms with Gasteiger partial charge in [0.25, 0.3) is 0 Å². The molecule has 2 heteroatoms. The van der Waals surface area contributed by atoms with Crippen molar-refractivity contribution < 1.29 is 9.52 Å². The zero-order valence-electron chi connectivity index (χ0n) is 11.7. The Morgan fingerprint density at radius 3 is 2.74 bits per heavy atom. The summed E-state index contributed by atoms with van der Waals surface area (Å²) in [5.41, 5.74) is 0. The minimum atomic E-state index is -0.382. The summed E-state index contributed by atoms with van der Waals surface area (Å²) < 4.78 is 5.88. The minimum Gasteiger partial charge on any atom is -0.463 e. The predicted octanol–water partition coefficient (Wildman–Crippen LogP) is 4.26. The second kappa shape index (κ2) is 4.37. The highest BCUT2D eigenvalue weighted by Gasteiger charge is 2.41. The van der Waals surface area contributed by atoms with E-state index in [2.05, 4.69) is 13.0 Å². The molecule has 0 radical (unpaired) electrons. The molecule has 3 aliphatic carbocycles. The zero-order chi connectivity index (χ0) is 13.0. The largest absolute Gasteiger partial charge is 0.463 e. The molecule has 0 spiro atoms. The van der Waals surface area contributed by atoms with E-state index in [1.807, 2.05) is 6.07 Å². The predicted molar refractivity (Wildman–Crippen MR) is 73.7 cm³/mol. The number of aliphatic hydroxyl groups is 1. The third-order valence-corrected chi connectivity index (χ3v) is 5.86. The quantitative estimate of drug-likeness (QED) is 0.877. The van der Waals surface area contributed by atoms with Gasteiger partial charge in [-0.3, -0.25) is 0 Å². The second-order valence-electron chi connectivity index (χ2n) is 7.25. The van der Waals surface area contributed by atoms with Crippen molar-refractivity contribution in [3.8, 4) is 0 Å². The number of fused-ring (bicyclic) bond motifs is 2. The third kappa shape index (κ3) is 2.14. The normalized spacial score (nSPS) is 41.7. The van der Waals surface area contributed by atoms with Gasteiger partial charge < -0.3 is 9.52 Å². The van der Waals surface area contributed by atoms with Crippen molar-refractivity contribution >= 4 is 0 Å². The molecule has 1 aromatic rings. The van der Waals surface area contributed by atoms with Gasteiger partial charge in [0, 0.05) is 5.92 Å². The summed E-state index contributed by atoms with van der Waals surface area (Å²) in [7, 11) is 0. The van der Waals surface area contributed by atoms with Gasteiger partial charge in [-0.25, -0.2) is 0 Å². The maximum atomic E-state index is 10.4. The Balaban J connectivity index is 1.40. The van der Waals surface area contributed by atoms with Gasteiger partial charge in [0.1, 0.15) is 17.6 Å². The molecule has 19 heavy (non-hydrogen) atoms. The van der Waals surface area contributed by atoms with E-state index < -0.39 is 0 Å². The number of aliphatic hydroxyl groups excluding tert-OH is 1. The lowest BCUT2D eigenvalue weighted by atomic mass is 9.84. The molecular weight excluding hydrogens is 236 g/mol. The van der Waals surface area contributed by atoms with Gasteiger partial charge in [0.15, 0.2) is 0 Å². The monoisotopic (exact) mass is 260 g/mol. The van der Waals surface area contributed by atoms with E-state index in [4.69, 9.17) is 4.42 Å². The maximum absolute atomic E-state index is 10.4. The molecule has 2 nitrogen and oxygen atoms in total. The fourth-order valence-electron chi connectivity index (χ4n) is 4.53. The van der Waals surface area contributed by atoms with Crippen LogP contribution in [0.25, 0.3) is 0 Å². The van der Waals surface area contributed by atoms with Crippen LogP contribution < -0.4 is 0 Å². The first-order valence-electron chi connectivity index (χ1n) is 7.98. The molecule has 1 heterocycles. The maximum Gasteiger partial charge on any atom is 0.132 e. The summed E-state index contributed by atoms with van der Waals surface area (Å²) in [5, 5.41) is 10.4. The Labute approximate surface area is 115 Å². The molecule has 0 aliphatic heterocycles. The number of furan rings is 1. The van der Waals surface area contributed by atoms with Crippen molar-refractivity contribution in [1.29, 1.82) is 0 Å². The average Bonchev–Trinajstić information content (AvgIpc) is 2.85. The van der Waals surface area contributed by atoms with Gasteiger partial charge in [-0.05, 0) is 67.9 Å². The highest BCUT2D eigenvalue weighted by atomic mass is 16.4. The van der Waals surface area contributed by atoms with Crippen molar-refractivity contribution in [2.45, 2.75) is 57.5 Å². The van der Waals surface area contributed by atoms with Gasteiger partial charge in [0.2, 0.25) is 0 Å². The summed E-state index contributed by atoms with van der Waals surface area (Å²) in [4.78, 5) is 0. The first kappa shape index (κ1) is 12.0. The van der Waals surface area contributed by atoms with E-state index in [9.17, 15) is 5.11 Å². The standard InChI is InChI=1S/C17H24O2/c1-10-6-14(10)16-4-5-17(19-16)15(18)9-13-8-11-2-3-12(13)7-11/h4-5,10-15,18H,2-3,6-9H2,1H3. The Hall–Kier alpha value is -0.760. The van der Waals surface area contributed by atoms with Crippen LogP contribution in [0.4, 0.5) is 0 Å². The van der Waals surface area contributed by atoms with Gasteiger partial charge in [-0.2, -0.15) is 0 Å². The van der Waals surface area contributed by atoms with Crippen LogP contribution in [-0.2, 0) is 0 Å². The van der Waals surface area contributed by atoms with Crippen molar-refractivity contribution in [3.63, 3.8) is 0 Å². The summed E-state index contributed by atoms with van der Waals surface area (Å²) in [6.45, 7) is 2.26. The van der Waals surface area contributed by atoms with E-state index in [1.54, 1.807) is 0 Å². The SMILES string of the molecule is CC1CC1c1ccc(C(O)CC2CC3CCC2C3)o1. The fraction of sp³-hybridized carbons (Fsp3) is 0.765. The Morgan fingerprint density at radius 1 is 1.26 bits per heavy atom. The van der Waals surface area contributed by atoms with Gasteiger partial charge in [-0.1, -0.05) is 13.3 Å². The van der Waals surface area contributed by atoms with Crippen molar-refractivity contribution in [2.24, 2.45) is 23.7 Å². The van der Waals surface area contributed by atoms with Crippen molar-refractivity contribution in [1.82, 2.24) is 0 Å². The van der Waals surface area contributed by atoms with E-state index >= 15 is 0 Å². The second-order valence-corrected chi connectivity index (χ2v) is 7.25. The summed E-state index contributed by atoms with van der Waals surface area (Å²) in [5.74, 6) is 5.86. The van der Waals surface area contributed by atoms with Crippen LogP contribution in [0, 0.1) is 23.7 Å². The topological polar surface area (TPSA) is 33.4 Å². The van der Waals surface area contributed by atoms with Crippen LogP contribution in [0.15, 0.2) is 16.5 Å². The zero-order valence-corrected chi connectivity index (χ0v) is 11.7. The van der Waals surface area contributed by atoms with Gasteiger partial charge in [0.05, 0.1) is 0 Å². The molecule has 0 amide bonds. The lowest BCUT2D eigenvalue weighted by Crippen LogP contribution is -2.14. The smallest absolute Gasteiger partial charge is 0.132 e. The summed E-state index contributed by atoms with van der Waals surface area (Å²) >= 11 is 0. The number of hydrogen-bond acceptors (Lipinski definition) is 2. The first-order chi connectivity index (χ1) is 9.20. The fourth-order valence-corrected chi connectivity index (χ4v) is 4.53. The number of hydrogen-bond donors (Lipinski definition) is 1. The van der Waals surface area contributed by atoms with Crippen LogP contribution in [0.3, 0.4) is 0 Å². The molecule has 2 bridgehead atoms. The molecule has 3 aliphatic rings. The third-order valence-electron chi connectivity index (χ3n) is 5.86. The highest BCUT2D eigenvalue weighted by Crippen LogP contribution is 2.51. The minimum absolute atomic E-state index is 0.382. The summed E-state index contributed by atoms with van der Waals surface area (Å²) in [6, 6.07) is 4.08. The van der Waals surface area contributed by atoms with Crippen molar-refractivity contribution in [3.05, 3.63) is 23.7 Å². The van der Waals surface area contributed by atoms with E-state index in [0.717, 1.165) is 41.6 Å². The molecule has 104 valence electrons. The van der Waals surface area contributed by atoms with Gasteiger partial charge >= 0.3 is 0 Å². The molecule has 3 saturated carbocycles. The lowest BCUT2D eigenvalue weighted by Gasteiger charge is -2.23. The van der Waals surface area contributed by atoms with Crippen LogP contribution in [0.5, 0.6) is 0 Å².